The van der Waals surface area contributed by atoms with Crippen LogP contribution in [0, 0.1) is 20.8 Å². The van der Waals surface area contributed by atoms with Gasteiger partial charge in [-0.2, -0.15) is 0 Å². The average molecular weight is 423 g/mol. The number of benzene rings is 2. The van der Waals surface area contributed by atoms with Gasteiger partial charge in [0.25, 0.3) is 11.8 Å². The van der Waals surface area contributed by atoms with Gasteiger partial charge in [0.05, 0.1) is 11.3 Å². The fourth-order valence-electron chi connectivity index (χ4n) is 3.39. The second-order valence-electron chi connectivity index (χ2n) is 7.05. The molecule has 1 N–H and O–H groups in total. The predicted octanol–water partition coefficient (Wildman–Crippen LogP) is 5.72. The van der Waals surface area contributed by atoms with Gasteiger partial charge in [0, 0.05) is 15.6 Å². The molecule has 0 fully saturated rings. The normalized spacial score (nSPS) is 14.1. The van der Waals surface area contributed by atoms with Gasteiger partial charge in [0.2, 0.25) is 0 Å². The van der Waals surface area contributed by atoms with E-state index in [-0.39, 0.29) is 11.8 Å². The highest BCUT2D eigenvalue weighted by atomic mass is 35.5. The zero-order valence-electron chi connectivity index (χ0n) is 16.2. The molecule has 1 aromatic heterocycles. The summed E-state index contributed by atoms with van der Waals surface area (Å²) in [5.74, 6) is -0.708. The van der Waals surface area contributed by atoms with Crippen LogP contribution >= 0.6 is 22.9 Å². The number of hydrogen-bond donors (Lipinski definition) is 1. The summed E-state index contributed by atoms with van der Waals surface area (Å²) in [6.07, 6.45) is 0. The van der Waals surface area contributed by atoms with Crippen LogP contribution in [0.1, 0.15) is 21.6 Å². The van der Waals surface area contributed by atoms with E-state index in [4.69, 9.17) is 11.6 Å². The highest BCUT2D eigenvalue weighted by Crippen LogP contribution is 2.37. The molecule has 0 spiro atoms. The van der Waals surface area contributed by atoms with Gasteiger partial charge in [-0.25, -0.2) is 4.90 Å². The third kappa shape index (κ3) is 3.48. The molecule has 6 heteroatoms. The molecule has 0 atom stereocenters. The van der Waals surface area contributed by atoms with Crippen LogP contribution < -0.4 is 10.2 Å². The van der Waals surface area contributed by atoms with Crippen molar-refractivity contribution in [2.75, 3.05) is 10.2 Å². The van der Waals surface area contributed by atoms with Crippen molar-refractivity contribution in [1.82, 2.24) is 0 Å². The number of carbonyl (C=O) groups is 2. The summed E-state index contributed by atoms with van der Waals surface area (Å²) in [7, 11) is 0. The van der Waals surface area contributed by atoms with Gasteiger partial charge >= 0.3 is 0 Å². The molecule has 4 rings (SSSR count). The number of rotatable bonds is 4. The largest absolute Gasteiger partial charge is 0.350 e. The van der Waals surface area contributed by atoms with Crippen molar-refractivity contribution in [3.05, 3.63) is 86.2 Å². The van der Waals surface area contributed by atoms with Crippen molar-refractivity contribution >= 4 is 51.7 Å². The third-order valence-electron chi connectivity index (χ3n) is 4.90. The summed E-state index contributed by atoms with van der Waals surface area (Å²) >= 11 is 7.50. The number of aryl methyl sites for hydroxylation is 3. The molecule has 146 valence electrons. The fraction of sp³-hybridized carbons (Fsp3) is 0.130. The molecule has 1 aliphatic rings. The number of amides is 2. The molecule has 4 nitrogen and oxygen atoms in total. The van der Waals surface area contributed by atoms with Gasteiger partial charge in [-0.3, -0.25) is 9.59 Å². The lowest BCUT2D eigenvalue weighted by atomic mass is 10.1. The second kappa shape index (κ2) is 7.50. The van der Waals surface area contributed by atoms with E-state index in [0.29, 0.717) is 22.0 Å². The molecule has 3 aromatic rings. The van der Waals surface area contributed by atoms with E-state index in [0.717, 1.165) is 27.3 Å². The number of hydrogen-bond acceptors (Lipinski definition) is 4. The maximum atomic E-state index is 13.4. The second-order valence-corrected chi connectivity index (χ2v) is 8.43. The van der Waals surface area contributed by atoms with Crippen LogP contribution in [0.15, 0.2) is 59.6 Å². The Kier molecular flexibility index (Phi) is 5.03. The Balaban J connectivity index is 1.84. The van der Waals surface area contributed by atoms with E-state index in [9.17, 15) is 9.59 Å². The van der Waals surface area contributed by atoms with Crippen LogP contribution in [0.25, 0.3) is 5.57 Å². The van der Waals surface area contributed by atoms with Crippen molar-refractivity contribution < 1.29 is 9.59 Å². The van der Waals surface area contributed by atoms with E-state index in [1.807, 2.05) is 56.5 Å². The lowest BCUT2D eigenvalue weighted by Gasteiger charge is -2.18. The summed E-state index contributed by atoms with van der Waals surface area (Å²) in [4.78, 5) is 28.8. The zero-order chi connectivity index (χ0) is 20.7. The lowest BCUT2D eigenvalue weighted by molar-refractivity contribution is -0.120. The van der Waals surface area contributed by atoms with Crippen molar-refractivity contribution in [2.45, 2.75) is 20.8 Å². The first kappa shape index (κ1) is 19.4. The smallest absolute Gasteiger partial charge is 0.282 e. The van der Waals surface area contributed by atoms with Crippen LogP contribution in [0.4, 0.5) is 11.4 Å². The summed E-state index contributed by atoms with van der Waals surface area (Å²) in [5, 5.41) is 5.70. The molecule has 2 amide bonds. The third-order valence-corrected chi connectivity index (χ3v) is 6.03. The lowest BCUT2D eigenvalue weighted by Crippen LogP contribution is -2.33. The average Bonchev–Trinajstić information content (AvgIpc) is 3.27. The first-order valence-corrected chi connectivity index (χ1v) is 10.4. The molecule has 0 saturated heterocycles. The molecule has 29 heavy (non-hydrogen) atoms. The summed E-state index contributed by atoms with van der Waals surface area (Å²) in [6.45, 7) is 5.79. The molecule has 2 heterocycles. The van der Waals surface area contributed by atoms with Gasteiger partial charge in [0.1, 0.15) is 5.70 Å². The fourth-order valence-corrected chi connectivity index (χ4v) is 4.38. The van der Waals surface area contributed by atoms with Crippen molar-refractivity contribution in [2.24, 2.45) is 0 Å². The quantitative estimate of drug-likeness (QED) is 0.547. The Bertz CT molecular complexity index is 1170. The van der Waals surface area contributed by atoms with E-state index >= 15 is 0 Å². The van der Waals surface area contributed by atoms with Crippen molar-refractivity contribution in [3.8, 4) is 0 Å². The molecule has 1 aliphatic heterocycles. The Morgan fingerprint density at radius 3 is 2.41 bits per heavy atom. The minimum Gasteiger partial charge on any atom is -0.350 e. The van der Waals surface area contributed by atoms with Crippen LogP contribution in [0.3, 0.4) is 0 Å². The number of thiophene rings is 1. The first-order chi connectivity index (χ1) is 13.9. The maximum Gasteiger partial charge on any atom is 0.282 e. The molecule has 0 unspecified atom stereocenters. The van der Waals surface area contributed by atoms with Crippen molar-refractivity contribution in [3.63, 3.8) is 0 Å². The van der Waals surface area contributed by atoms with Gasteiger partial charge in [0.15, 0.2) is 0 Å². The minimum atomic E-state index is -0.371. The molecule has 0 aliphatic carbocycles. The van der Waals surface area contributed by atoms with Gasteiger partial charge in [-0.15, -0.1) is 11.3 Å². The highest BCUT2D eigenvalue weighted by Gasteiger charge is 2.41. The maximum absolute atomic E-state index is 13.4. The first-order valence-electron chi connectivity index (χ1n) is 9.14. The van der Waals surface area contributed by atoms with Crippen LogP contribution in [-0.4, -0.2) is 11.8 Å². The van der Waals surface area contributed by atoms with Gasteiger partial charge < -0.3 is 5.32 Å². The number of imide groups is 1. The number of anilines is 2. The van der Waals surface area contributed by atoms with E-state index in [2.05, 4.69) is 5.32 Å². The monoisotopic (exact) mass is 422 g/mol. The van der Waals surface area contributed by atoms with Crippen molar-refractivity contribution in [1.29, 1.82) is 0 Å². The Morgan fingerprint density at radius 2 is 1.72 bits per heavy atom. The van der Waals surface area contributed by atoms with Crippen LogP contribution in [-0.2, 0) is 9.59 Å². The topological polar surface area (TPSA) is 49.4 Å². The van der Waals surface area contributed by atoms with Crippen LogP contribution in [0.5, 0.6) is 0 Å². The van der Waals surface area contributed by atoms with E-state index < -0.39 is 0 Å². The molecular formula is C23H19ClN2O2S. The predicted molar refractivity (Wildman–Crippen MR) is 119 cm³/mol. The molecule has 0 radical (unpaired) electrons. The SMILES string of the molecule is Cc1ccc(C)c(NC2=C(c3cccs3)C(=O)N(c3ccc(Cl)cc3C)C2=O)c1. The van der Waals surface area contributed by atoms with Gasteiger partial charge in [-0.1, -0.05) is 29.8 Å². The Labute approximate surface area is 178 Å². The number of halogens is 1. The molecule has 2 aromatic carbocycles. The van der Waals surface area contributed by atoms with Gasteiger partial charge in [-0.05, 0) is 73.2 Å². The summed E-state index contributed by atoms with van der Waals surface area (Å²) < 4.78 is 0. The number of nitrogens with one attached hydrogen (secondary N) is 1. The Morgan fingerprint density at radius 1 is 0.931 bits per heavy atom. The number of nitrogens with zero attached hydrogens (tertiary/aromatic N) is 1. The zero-order valence-corrected chi connectivity index (χ0v) is 17.8. The molecular weight excluding hydrogens is 404 g/mol. The summed E-state index contributed by atoms with van der Waals surface area (Å²) in [6, 6.07) is 14.8. The minimum absolute atomic E-state index is 0.292. The van der Waals surface area contributed by atoms with E-state index in [1.54, 1.807) is 18.2 Å². The standard InChI is InChI=1S/C23H19ClN2O2S/c1-13-6-7-14(2)17(11-13)25-21-20(19-5-4-10-29-19)22(27)26(23(21)28)18-9-8-16(24)12-15(18)3/h4-12,25H,1-3H3. The molecule has 0 bridgehead atoms. The Hall–Kier alpha value is -2.89. The number of carbonyl (C=O) groups excluding carboxylic acids is 2. The highest BCUT2D eigenvalue weighted by molar-refractivity contribution is 7.11. The molecule has 0 saturated carbocycles. The summed E-state index contributed by atoms with van der Waals surface area (Å²) in [5.41, 5.74) is 4.85. The van der Waals surface area contributed by atoms with E-state index in [1.165, 1.54) is 16.2 Å². The van der Waals surface area contributed by atoms with Crippen LogP contribution in [0.2, 0.25) is 5.02 Å².